The lowest BCUT2D eigenvalue weighted by Crippen LogP contribution is -2.42. The van der Waals surface area contributed by atoms with Crippen molar-refractivity contribution < 1.29 is 28.5 Å². The van der Waals surface area contributed by atoms with Gasteiger partial charge in [0.2, 0.25) is 5.91 Å². The molecule has 2 aliphatic heterocycles. The van der Waals surface area contributed by atoms with E-state index in [0.717, 1.165) is 24.0 Å². The molecule has 1 aromatic heterocycles. The van der Waals surface area contributed by atoms with E-state index in [9.17, 15) is 9.59 Å². The molecule has 2 aliphatic rings. The molecule has 36 heavy (non-hydrogen) atoms. The second-order valence-corrected chi connectivity index (χ2v) is 9.22. The molecule has 1 amide bonds. The lowest BCUT2D eigenvalue weighted by atomic mass is 9.84. The van der Waals surface area contributed by atoms with E-state index < -0.39 is 11.9 Å². The zero-order chi connectivity index (χ0) is 25.5. The van der Waals surface area contributed by atoms with E-state index in [1.807, 2.05) is 24.3 Å². The van der Waals surface area contributed by atoms with Crippen LogP contribution < -0.4 is 4.74 Å². The normalized spacial score (nSPS) is 20.1. The Labute approximate surface area is 216 Å². The summed E-state index contributed by atoms with van der Waals surface area (Å²) in [4.78, 5) is 32.5. The first-order chi connectivity index (χ1) is 17.5. The maximum atomic E-state index is 13.5. The number of esters is 1. The number of ether oxygens (including phenoxy) is 4. The summed E-state index contributed by atoms with van der Waals surface area (Å²) in [5.41, 5.74) is 2.50. The summed E-state index contributed by atoms with van der Waals surface area (Å²) < 4.78 is 22.4. The first-order valence-corrected chi connectivity index (χ1v) is 12.5. The molecule has 2 atom stereocenters. The molecule has 9 heteroatoms. The van der Waals surface area contributed by atoms with Gasteiger partial charge in [-0.15, -0.1) is 0 Å². The number of pyridine rings is 1. The highest BCUT2D eigenvalue weighted by Gasteiger charge is 2.38. The van der Waals surface area contributed by atoms with Crippen LogP contribution in [0, 0.1) is 0 Å². The third-order valence-electron chi connectivity index (χ3n) is 6.48. The fourth-order valence-electron chi connectivity index (χ4n) is 4.59. The maximum absolute atomic E-state index is 13.5. The van der Waals surface area contributed by atoms with Crippen LogP contribution in [-0.4, -0.2) is 61.3 Å². The number of carbonyl (C=O) groups is 2. The van der Waals surface area contributed by atoms with Crippen LogP contribution in [-0.2, 0) is 30.4 Å². The summed E-state index contributed by atoms with van der Waals surface area (Å²) in [5.74, 6) is -0.394. The zero-order valence-electron chi connectivity index (χ0n) is 20.6. The van der Waals surface area contributed by atoms with Crippen LogP contribution in [0.1, 0.15) is 43.2 Å². The van der Waals surface area contributed by atoms with Gasteiger partial charge in [-0.2, -0.15) is 0 Å². The number of rotatable bonds is 10. The number of benzene rings is 1. The van der Waals surface area contributed by atoms with E-state index in [1.54, 1.807) is 37.3 Å². The molecule has 0 aliphatic carbocycles. The van der Waals surface area contributed by atoms with E-state index in [0.29, 0.717) is 48.5 Å². The minimum atomic E-state index is -0.483. The van der Waals surface area contributed by atoms with Gasteiger partial charge in [-0.25, -0.2) is 9.78 Å². The maximum Gasteiger partial charge on any atom is 0.336 e. The zero-order valence-corrected chi connectivity index (χ0v) is 21.3. The molecule has 4 rings (SSSR count). The number of halogens is 1. The molecule has 3 heterocycles. The number of allylic oxidation sites excluding steroid dienone is 1. The van der Waals surface area contributed by atoms with Crippen LogP contribution >= 0.6 is 11.6 Å². The second kappa shape index (κ2) is 12.3. The number of methoxy groups -OCH3 is 1. The molecule has 1 fully saturated rings. The number of amides is 1. The number of carbonyl (C=O) groups excluding carboxylic acids is 2. The molecular formula is C27H31ClN2O6. The van der Waals surface area contributed by atoms with Crippen molar-refractivity contribution in [2.24, 2.45) is 0 Å². The van der Waals surface area contributed by atoms with Crippen molar-refractivity contribution in [3.63, 3.8) is 0 Å². The van der Waals surface area contributed by atoms with Crippen LogP contribution in [0.4, 0.5) is 0 Å². The summed E-state index contributed by atoms with van der Waals surface area (Å²) in [5, 5.41) is 0.343. The molecule has 2 aromatic rings. The number of para-hydroxylation sites is 1. The summed E-state index contributed by atoms with van der Waals surface area (Å²) in [7, 11) is 1.61. The molecule has 8 nitrogen and oxygen atoms in total. The molecule has 0 spiro atoms. The Morgan fingerprint density at radius 2 is 2.06 bits per heavy atom. The minimum Gasteiger partial charge on any atom is -0.491 e. The Kier molecular flexibility index (Phi) is 8.96. The van der Waals surface area contributed by atoms with Crippen molar-refractivity contribution in [1.29, 1.82) is 0 Å². The fraction of sp³-hybridized carbons (Fsp3) is 0.444. The van der Waals surface area contributed by atoms with Crippen molar-refractivity contribution in [2.75, 3.05) is 33.5 Å². The van der Waals surface area contributed by atoms with E-state index in [1.165, 1.54) is 0 Å². The summed E-state index contributed by atoms with van der Waals surface area (Å²) in [6.45, 7) is 3.77. The Morgan fingerprint density at radius 1 is 1.22 bits per heavy atom. The van der Waals surface area contributed by atoms with Crippen LogP contribution in [0.15, 0.2) is 53.9 Å². The highest BCUT2D eigenvalue weighted by atomic mass is 35.5. The van der Waals surface area contributed by atoms with Gasteiger partial charge in [0.25, 0.3) is 0 Å². The van der Waals surface area contributed by atoms with Crippen molar-refractivity contribution in [2.45, 2.75) is 44.8 Å². The number of nitrogens with zero attached hydrogens (tertiary/aromatic N) is 2. The largest absolute Gasteiger partial charge is 0.491 e. The molecule has 0 N–H and O–H groups in total. The third kappa shape index (κ3) is 6.24. The molecule has 1 aromatic carbocycles. The molecule has 1 saturated heterocycles. The molecular weight excluding hydrogens is 484 g/mol. The summed E-state index contributed by atoms with van der Waals surface area (Å²) in [6.07, 6.45) is 3.56. The summed E-state index contributed by atoms with van der Waals surface area (Å²) in [6, 6.07) is 10.9. The average molecular weight is 515 g/mol. The van der Waals surface area contributed by atoms with Crippen LogP contribution in [0.5, 0.6) is 5.75 Å². The Hall–Kier alpha value is -2.94. The predicted molar refractivity (Wildman–Crippen MR) is 134 cm³/mol. The Balaban J connectivity index is 1.58. The van der Waals surface area contributed by atoms with Gasteiger partial charge in [0.15, 0.2) is 0 Å². The van der Waals surface area contributed by atoms with Gasteiger partial charge in [-0.1, -0.05) is 35.9 Å². The van der Waals surface area contributed by atoms with Crippen molar-refractivity contribution in [3.8, 4) is 5.75 Å². The fourth-order valence-corrected chi connectivity index (χ4v) is 4.70. The number of hydrogen-bond acceptors (Lipinski definition) is 7. The van der Waals surface area contributed by atoms with Gasteiger partial charge in [-0.05, 0) is 37.5 Å². The van der Waals surface area contributed by atoms with Gasteiger partial charge in [-0.3, -0.25) is 4.79 Å². The SMILES string of the molecule is COCCOc1ccccc1COC(=O)C1=C(C)N(C[C@@H]2CCCO2)C(=O)C[C@@H]1c1ccc(Cl)nc1. The monoisotopic (exact) mass is 514 g/mol. The molecule has 192 valence electrons. The standard InChI is InChI=1S/C27H31ClN2O6/c1-18-26(27(32)36-17-20-6-3-4-8-23(20)35-13-12-33-2)22(19-9-10-24(28)29-15-19)14-25(31)30(18)16-21-7-5-11-34-21/h3-4,6,8-10,15,21-22H,5,7,11-14,16-17H2,1-2H3/t21-,22+/m0/s1. The number of aromatic nitrogens is 1. The van der Waals surface area contributed by atoms with Crippen LogP contribution in [0.2, 0.25) is 5.15 Å². The molecule has 0 unspecified atom stereocenters. The third-order valence-corrected chi connectivity index (χ3v) is 6.71. The van der Waals surface area contributed by atoms with Crippen LogP contribution in [0.25, 0.3) is 0 Å². The lowest BCUT2D eigenvalue weighted by molar-refractivity contribution is -0.141. The number of hydrogen-bond donors (Lipinski definition) is 0. The molecule has 0 radical (unpaired) electrons. The predicted octanol–water partition coefficient (Wildman–Crippen LogP) is 4.27. The summed E-state index contributed by atoms with van der Waals surface area (Å²) >= 11 is 5.98. The van der Waals surface area contributed by atoms with Gasteiger partial charge in [0.05, 0.1) is 24.8 Å². The van der Waals surface area contributed by atoms with Crippen LogP contribution in [0.3, 0.4) is 0 Å². The smallest absolute Gasteiger partial charge is 0.336 e. The second-order valence-electron chi connectivity index (χ2n) is 8.83. The van der Waals surface area contributed by atoms with Gasteiger partial charge < -0.3 is 23.8 Å². The van der Waals surface area contributed by atoms with E-state index >= 15 is 0 Å². The lowest BCUT2D eigenvalue weighted by Gasteiger charge is -2.35. The first kappa shape index (κ1) is 26.1. The Bertz CT molecular complexity index is 1100. The Morgan fingerprint density at radius 3 is 2.78 bits per heavy atom. The average Bonchev–Trinajstić information content (AvgIpc) is 3.39. The molecule has 0 saturated carbocycles. The van der Waals surface area contributed by atoms with Gasteiger partial charge in [0.1, 0.15) is 24.1 Å². The van der Waals surface area contributed by atoms with Crippen molar-refractivity contribution in [3.05, 3.63) is 70.1 Å². The van der Waals surface area contributed by atoms with Gasteiger partial charge in [0, 0.05) is 43.5 Å². The first-order valence-electron chi connectivity index (χ1n) is 12.1. The topological polar surface area (TPSA) is 87.2 Å². The minimum absolute atomic E-state index is 0.0318. The molecule has 0 bridgehead atoms. The van der Waals surface area contributed by atoms with Gasteiger partial charge >= 0.3 is 5.97 Å². The quantitative estimate of drug-likeness (QED) is 0.266. The highest BCUT2D eigenvalue weighted by Crippen LogP contribution is 2.38. The van der Waals surface area contributed by atoms with Crippen molar-refractivity contribution >= 4 is 23.5 Å². The van der Waals surface area contributed by atoms with E-state index in [-0.39, 0.29) is 25.0 Å². The van der Waals surface area contributed by atoms with E-state index in [2.05, 4.69) is 4.98 Å². The highest BCUT2D eigenvalue weighted by molar-refractivity contribution is 6.29. The van der Waals surface area contributed by atoms with E-state index in [4.69, 9.17) is 30.5 Å². The van der Waals surface area contributed by atoms with Crippen molar-refractivity contribution in [1.82, 2.24) is 9.88 Å².